The summed E-state index contributed by atoms with van der Waals surface area (Å²) in [7, 11) is 0. The van der Waals surface area contributed by atoms with Gasteiger partial charge in [-0.3, -0.25) is 0 Å². The maximum Gasteiger partial charge on any atom is 0.0579 e. The first-order valence-corrected chi connectivity index (χ1v) is 11.8. The number of benzene rings is 2. The molecular formula is C24H35NOS. The summed E-state index contributed by atoms with van der Waals surface area (Å²) in [6.07, 6.45) is 5.34. The first kappa shape index (κ1) is 20.7. The number of ether oxygens (including phenoxy) is 1. The molecule has 2 aromatic rings. The first-order valence-electron chi connectivity index (χ1n) is 10.7. The van der Waals surface area contributed by atoms with Gasteiger partial charge in [0.2, 0.25) is 0 Å². The zero-order valence-electron chi connectivity index (χ0n) is 17.0. The number of nitrogens with zero attached hydrogens (tertiary/aromatic N) is 1. The van der Waals surface area contributed by atoms with Gasteiger partial charge in [0.1, 0.15) is 0 Å². The van der Waals surface area contributed by atoms with E-state index in [1.165, 1.54) is 60.1 Å². The van der Waals surface area contributed by atoms with Gasteiger partial charge >= 0.3 is 0 Å². The Labute approximate surface area is 169 Å². The third-order valence-corrected chi connectivity index (χ3v) is 6.99. The lowest BCUT2D eigenvalue weighted by molar-refractivity contribution is 0.0924. The third kappa shape index (κ3) is 6.23. The van der Waals surface area contributed by atoms with Crippen LogP contribution in [0.1, 0.15) is 38.7 Å². The molecule has 0 aromatic heterocycles. The van der Waals surface area contributed by atoms with E-state index in [1.54, 1.807) is 0 Å². The first-order chi connectivity index (χ1) is 13.3. The van der Waals surface area contributed by atoms with Gasteiger partial charge in [-0.2, -0.15) is 11.8 Å². The van der Waals surface area contributed by atoms with Crippen molar-refractivity contribution in [3.05, 3.63) is 48.0 Å². The third-order valence-electron chi connectivity index (χ3n) is 5.81. The van der Waals surface area contributed by atoms with E-state index < -0.39 is 0 Å². The molecule has 2 aromatic carbocycles. The second kappa shape index (κ2) is 11.1. The minimum atomic E-state index is 0.480. The second-order valence-electron chi connectivity index (χ2n) is 7.68. The zero-order chi connectivity index (χ0) is 18.9. The van der Waals surface area contributed by atoms with Crippen molar-refractivity contribution in [3.8, 4) is 0 Å². The molecule has 0 aliphatic carbocycles. The summed E-state index contributed by atoms with van der Waals surface area (Å²) in [6.45, 7) is 9.00. The Balaban J connectivity index is 1.62. The molecule has 0 spiro atoms. The highest BCUT2D eigenvalue weighted by Crippen LogP contribution is 2.28. The van der Waals surface area contributed by atoms with Crippen molar-refractivity contribution in [2.45, 2.75) is 45.6 Å². The molecule has 0 radical (unpaired) electrons. The van der Waals surface area contributed by atoms with Gasteiger partial charge in [0.05, 0.1) is 6.10 Å². The summed E-state index contributed by atoms with van der Waals surface area (Å²) < 4.78 is 5.97. The fraction of sp³-hybridized carbons (Fsp3) is 0.583. The molecule has 1 heterocycles. The summed E-state index contributed by atoms with van der Waals surface area (Å²) in [4.78, 5) is 2.52. The van der Waals surface area contributed by atoms with Crippen LogP contribution in [0.4, 0.5) is 0 Å². The van der Waals surface area contributed by atoms with Gasteiger partial charge in [-0.1, -0.05) is 56.3 Å². The van der Waals surface area contributed by atoms with Gasteiger partial charge in [0.15, 0.2) is 0 Å². The lowest BCUT2D eigenvalue weighted by Gasteiger charge is -2.22. The van der Waals surface area contributed by atoms with Crippen molar-refractivity contribution < 1.29 is 4.74 Å². The molecule has 0 amide bonds. The molecular weight excluding hydrogens is 350 g/mol. The lowest BCUT2D eigenvalue weighted by atomic mass is 9.91. The highest BCUT2D eigenvalue weighted by molar-refractivity contribution is 7.99. The molecule has 2 atom stereocenters. The van der Waals surface area contributed by atoms with E-state index in [9.17, 15) is 0 Å². The molecule has 2 nitrogen and oxygen atoms in total. The van der Waals surface area contributed by atoms with Crippen LogP contribution in [-0.4, -0.2) is 48.8 Å². The number of hydrogen-bond acceptors (Lipinski definition) is 3. The van der Waals surface area contributed by atoms with Crippen LogP contribution in [0.25, 0.3) is 10.8 Å². The maximum absolute atomic E-state index is 5.97. The number of hydrogen-bond donors (Lipinski definition) is 0. The Morgan fingerprint density at radius 2 is 1.93 bits per heavy atom. The molecule has 0 N–H and O–H groups in total. The average molecular weight is 386 g/mol. The van der Waals surface area contributed by atoms with Crippen LogP contribution in [-0.2, 0) is 11.2 Å². The monoisotopic (exact) mass is 385 g/mol. The predicted octanol–water partition coefficient (Wildman–Crippen LogP) is 5.64. The molecule has 148 valence electrons. The standard InChI is InChI=1S/C24H35NOS/c1-3-25(4-2)14-16-27-19-20(18-23-12-8-15-26-23)17-22-11-7-10-21-9-5-6-13-24(21)22/h5-7,9-11,13,20,23H,3-4,8,12,14-19H2,1-2H3. The number of thioether (sulfide) groups is 1. The van der Waals surface area contributed by atoms with Crippen LogP contribution in [0, 0.1) is 5.92 Å². The Morgan fingerprint density at radius 1 is 1.11 bits per heavy atom. The fourth-order valence-corrected chi connectivity index (χ4v) is 5.32. The number of rotatable bonds is 11. The SMILES string of the molecule is CCN(CC)CCSCC(Cc1cccc2ccccc12)CC1CCCO1. The van der Waals surface area contributed by atoms with E-state index in [4.69, 9.17) is 4.74 Å². The molecule has 0 saturated carbocycles. The van der Waals surface area contributed by atoms with Crippen molar-refractivity contribution in [2.75, 3.05) is 37.7 Å². The summed E-state index contributed by atoms with van der Waals surface area (Å²) in [5, 5.41) is 2.78. The highest BCUT2D eigenvalue weighted by atomic mass is 32.2. The summed E-state index contributed by atoms with van der Waals surface area (Å²) in [5.41, 5.74) is 1.50. The van der Waals surface area contributed by atoms with E-state index in [0.717, 1.165) is 19.7 Å². The smallest absolute Gasteiger partial charge is 0.0579 e. The van der Waals surface area contributed by atoms with Crippen molar-refractivity contribution >= 4 is 22.5 Å². The second-order valence-corrected chi connectivity index (χ2v) is 8.83. The van der Waals surface area contributed by atoms with Crippen molar-refractivity contribution in [2.24, 2.45) is 5.92 Å². The van der Waals surface area contributed by atoms with Gasteiger partial charge in [-0.25, -0.2) is 0 Å². The van der Waals surface area contributed by atoms with Crippen LogP contribution in [0.15, 0.2) is 42.5 Å². The van der Waals surface area contributed by atoms with Crippen LogP contribution in [0.5, 0.6) is 0 Å². The van der Waals surface area contributed by atoms with E-state index >= 15 is 0 Å². The van der Waals surface area contributed by atoms with Crippen molar-refractivity contribution in [1.82, 2.24) is 4.90 Å². The Hall–Kier alpha value is -1.03. The minimum Gasteiger partial charge on any atom is -0.378 e. The molecule has 1 saturated heterocycles. The largest absolute Gasteiger partial charge is 0.378 e. The number of fused-ring (bicyclic) bond motifs is 1. The molecule has 2 unspecified atom stereocenters. The molecule has 27 heavy (non-hydrogen) atoms. The van der Waals surface area contributed by atoms with Gasteiger partial charge in [0.25, 0.3) is 0 Å². The molecule has 1 fully saturated rings. The van der Waals surface area contributed by atoms with Gasteiger partial charge in [-0.05, 0) is 66.8 Å². The van der Waals surface area contributed by atoms with E-state index in [0.29, 0.717) is 12.0 Å². The van der Waals surface area contributed by atoms with E-state index in [-0.39, 0.29) is 0 Å². The van der Waals surface area contributed by atoms with Crippen LogP contribution < -0.4 is 0 Å². The Bertz CT molecular complexity index is 674. The summed E-state index contributed by atoms with van der Waals surface area (Å²) in [5.74, 6) is 3.17. The zero-order valence-corrected chi connectivity index (χ0v) is 17.8. The highest BCUT2D eigenvalue weighted by Gasteiger charge is 2.21. The molecule has 3 heteroatoms. The molecule has 0 bridgehead atoms. The van der Waals surface area contributed by atoms with E-state index in [1.807, 2.05) is 0 Å². The Morgan fingerprint density at radius 3 is 2.70 bits per heavy atom. The Kier molecular flexibility index (Phi) is 8.50. The minimum absolute atomic E-state index is 0.480. The topological polar surface area (TPSA) is 12.5 Å². The maximum atomic E-state index is 5.97. The van der Waals surface area contributed by atoms with Crippen molar-refractivity contribution in [1.29, 1.82) is 0 Å². The van der Waals surface area contributed by atoms with Gasteiger partial charge in [0, 0.05) is 18.9 Å². The van der Waals surface area contributed by atoms with Crippen LogP contribution in [0.2, 0.25) is 0 Å². The quantitative estimate of drug-likeness (QED) is 0.464. The fourth-order valence-electron chi connectivity index (χ4n) is 4.18. The van der Waals surface area contributed by atoms with Crippen LogP contribution in [0.3, 0.4) is 0 Å². The van der Waals surface area contributed by atoms with Crippen LogP contribution >= 0.6 is 11.8 Å². The molecule has 3 rings (SSSR count). The lowest BCUT2D eigenvalue weighted by Crippen LogP contribution is -2.26. The van der Waals surface area contributed by atoms with Gasteiger partial charge in [-0.15, -0.1) is 0 Å². The van der Waals surface area contributed by atoms with E-state index in [2.05, 4.69) is 73.0 Å². The summed E-state index contributed by atoms with van der Waals surface area (Å²) in [6, 6.07) is 15.6. The van der Waals surface area contributed by atoms with Crippen molar-refractivity contribution in [3.63, 3.8) is 0 Å². The normalized spacial score (nSPS) is 18.4. The van der Waals surface area contributed by atoms with Gasteiger partial charge < -0.3 is 9.64 Å². The predicted molar refractivity (Wildman–Crippen MR) is 120 cm³/mol. The molecule has 1 aliphatic heterocycles. The average Bonchev–Trinajstić information content (AvgIpc) is 3.21. The molecule has 1 aliphatic rings. The summed E-state index contributed by atoms with van der Waals surface area (Å²) >= 11 is 2.13.